The third kappa shape index (κ3) is 3.33. The zero-order chi connectivity index (χ0) is 47.6. The van der Waals surface area contributed by atoms with Gasteiger partial charge in [-0.05, 0) is 61.9 Å². The Bertz CT molecular complexity index is 3620. The lowest BCUT2D eigenvalue weighted by molar-refractivity contribution is 0.611. The number of furan rings is 2. The smallest absolute Gasteiger partial charge is 0.178 e. The van der Waals surface area contributed by atoms with Crippen molar-refractivity contribution in [3.05, 3.63) is 145 Å². The molecule has 0 unspecified atom stereocenters. The van der Waals surface area contributed by atoms with Gasteiger partial charge in [-0.15, -0.1) is 0 Å². The Labute approximate surface area is 274 Å². The standard InChI is InChI=1S/C40H24O2/c1-3-12-25(13-4-1)35-24-27-22-23-33-38-32(20-11-21-34(38)41-40(33)39(27)42-35)37-30-18-9-7-16-28(30)36(26-14-5-2-6-15-26)29-17-8-10-19-31(29)37/h1-24H/i1D,2D,3D,4D,5D,6D,7D,8D,9D,10D,11D,12D,13D,14D,15D,16D,17D,18D,19D,20D,21D,23D,24D. The number of rotatable bonds is 3. The lowest BCUT2D eigenvalue weighted by Gasteiger charge is -2.18. The van der Waals surface area contributed by atoms with E-state index in [1.807, 2.05) is 0 Å². The van der Waals surface area contributed by atoms with E-state index in [2.05, 4.69) is 0 Å². The van der Waals surface area contributed by atoms with Gasteiger partial charge >= 0.3 is 0 Å². The van der Waals surface area contributed by atoms with Crippen molar-refractivity contribution in [2.45, 2.75) is 0 Å². The van der Waals surface area contributed by atoms with Gasteiger partial charge in [0.05, 0.1) is 31.5 Å². The zero-order valence-electron chi connectivity index (χ0n) is 43.9. The Morgan fingerprint density at radius 1 is 0.452 bits per heavy atom. The minimum atomic E-state index is -0.902. The minimum Gasteiger partial charge on any atom is -0.452 e. The van der Waals surface area contributed by atoms with Crippen LogP contribution in [0, 0.1) is 0 Å². The van der Waals surface area contributed by atoms with E-state index in [0.29, 0.717) is 0 Å². The van der Waals surface area contributed by atoms with Gasteiger partial charge in [-0.3, -0.25) is 0 Å². The molecule has 0 aliphatic rings. The second-order valence-electron chi connectivity index (χ2n) is 9.10. The summed E-state index contributed by atoms with van der Waals surface area (Å²) < 4.78 is 215. The summed E-state index contributed by atoms with van der Waals surface area (Å²) in [4.78, 5) is 0. The molecule has 2 nitrogen and oxygen atoms in total. The van der Waals surface area contributed by atoms with E-state index < -0.39 is 205 Å². The van der Waals surface area contributed by atoms with Gasteiger partial charge in [0.1, 0.15) is 11.3 Å². The maximum atomic E-state index is 9.44. The molecule has 0 bridgehead atoms. The highest BCUT2D eigenvalue weighted by atomic mass is 16.4. The summed E-state index contributed by atoms with van der Waals surface area (Å²) in [5.41, 5.74) is -4.20. The van der Waals surface area contributed by atoms with Crippen molar-refractivity contribution >= 4 is 54.5 Å². The molecule has 0 aliphatic heterocycles. The van der Waals surface area contributed by atoms with Crippen molar-refractivity contribution in [2.75, 3.05) is 0 Å². The number of hydrogen-bond acceptors (Lipinski definition) is 2. The molecule has 9 aromatic rings. The van der Waals surface area contributed by atoms with Crippen LogP contribution in [-0.4, -0.2) is 0 Å². The zero-order valence-corrected chi connectivity index (χ0v) is 20.9. The average Bonchev–Trinajstić information content (AvgIpc) is 3.83. The summed E-state index contributed by atoms with van der Waals surface area (Å²) in [6, 6.07) is -17.6. The Morgan fingerprint density at radius 3 is 1.71 bits per heavy atom. The number of benzene rings is 7. The van der Waals surface area contributed by atoms with E-state index >= 15 is 0 Å². The van der Waals surface area contributed by atoms with Gasteiger partial charge in [0.25, 0.3) is 0 Å². The largest absolute Gasteiger partial charge is 0.452 e. The fraction of sp³-hybridized carbons (Fsp3) is 0. The molecule has 0 radical (unpaired) electrons. The second-order valence-corrected chi connectivity index (χ2v) is 9.10. The first-order valence-corrected chi connectivity index (χ1v) is 12.4. The Morgan fingerprint density at radius 2 is 1.05 bits per heavy atom. The molecule has 0 saturated carbocycles. The van der Waals surface area contributed by atoms with E-state index in [9.17, 15) is 8.22 Å². The first kappa shape index (κ1) is 10.0. The van der Waals surface area contributed by atoms with Crippen LogP contribution in [0.15, 0.2) is 154 Å². The molecular formula is C40H24O2. The maximum absolute atomic E-state index is 9.44. The lowest BCUT2D eigenvalue weighted by Crippen LogP contribution is -1.91. The van der Waals surface area contributed by atoms with Crippen molar-refractivity contribution in [3.8, 4) is 33.6 Å². The van der Waals surface area contributed by atoms with Gasteiger partial charge in [-0.1, -0.05) is 127 Å². The van der Waals surface area contributed by atoms with Crippen molar-refractivity contribution < 1.29 is 40.4 Å². The van der Waals surface area contributed by atoms with Crippen LogP contribution in [0.25, 0.3) is 88.0 Å². The lowest BCUT2D eigenvalue weighted by atomic mass is 9.85. The monoisotopic (exact) mass is 559 g/mol. The molecule has 7 aromatic carbocycles. The topological polar surface area (TPSA) is 26.3 Å². The maximum Gasteiger partial charge on any atom is 0.178 e. The van der Waals surface area contributed by atoms with E-state index in [1.54, 1.807) is 0 Å². The molecule has 0 N–H and O–H groups in total. The van der Waals surface area contributed by atoms with Crippen LogP contribution in [0.1, 0.15) is 31.5 Å². The Kier molecular flexibility index (Phi) is 2.14. The number of fused-ring (bicyclic) bond motifs is 7. The third-order valence-corrected chi connectivity index (χ3v) is 6.89. The fourth-order valence-corrected chi connectivity index (χ4v) is 5.21. The summed E-state index contributed by atoms with van der Waals surface area (Å²) in [6.07, 6.45) is 0. The quantitative estimate of drug-likeness (QED) is 0.201. The van der Waals surface area contributed by atoms with Crippen molar-refractivity contribution in [3.63, 3.8) is 0 Å². The van der Waals surface area contributed by atoms with Crippen molar-refractivity contribution in [1.29, 1.82) is 0 Å². The summed E-state index contributed by atoms with van der Waals surface area (Å²) in [6.45, 7) is 0. The van der Waals surface area contributed by atoms with Crippen LogP contribution in [0.5, 0.6) is 0 Å². The van der Waals surface area contributed by atoms with Crippen LogP contribution in [-0.2, 0) is 0 Å². The normalized spacial score (nSPS) is 19.5. The molecule has 0 saturated heterocycles. The molecule has 0 fully saturated rings. The van der Waals surface area contributed by atoms with Gasteiger partial charge in [-0.2, -0.15) is 0 Å². The van der Waals surface area contributed by atoms with Gasteiger partial charge in [0.15, 0.2) is 11.2 Å². The van der Waals surface area contributed by atoms with E-state index in [0.717, 1.165) is 6.07 Å². The highest BCUT2D eigenvalue weighted by Gasteiger charge is 2.21. The van der Waals surface area contributed by atoms with Crippen molar-refractivity contribution in [2.24, 2.45) is 0 Å². The third-order valence-electron chi connectivity index (χ3n) is 6.89. The summed E-state index contributed by atoms with van der Waals surface area (Å²) in [5.74, 6) is -0.523. The van der Waals surface area contributed by atoms with Crippen LogP contribution in [0.4, 0.5) is 0 Å². The SMILES string of the molecule is [2H]c1c([2H])c([2H])c(-c2oc3c(cc([2H])c4c3oc3c([2H])c([2H])c([2H])c(-c5c6c([2H])c([2H])c([2H])c([2H])c6c(-c6c([2H])c([2H])c([2H])c([2H])c6[2H])c6c([2H])c([2H])c([2H])c([2H])c56)c34)c2[2H])c([2H])c1[2H]. The molecule has 9 rings (SSSR count). The molecule has 2 heterocycles. The number of hydrogen-bond donors (Lipinski definition) is 0. The highest BCUT2D eigenvalue weighted by Crippen LogP contribution is 2.47. The summed E-state index contributed by atoms with van der Waals surface area (Å²) in [7, 11) is 0. The molecule has 0 spiro atoms. The molecule has 0 amide bonds. The van der Waals surface area contributed by atoms with E-state index in [-0.39, 0.29) is 21.7 Å². The Hall–Kier alpha value is -5.60. The first-order valence-electron chi connectivity index (χ1n) is 23.9. The predicted octanol–water partition coefficient (Wildman–Crippen LogP) is 11.6. The molecule has 2 aromatic heterocycles. The van der Waals surface area contributed by atoms with Crippen LogP contribution < -0.4 is 0 Å². The molecule has 0 aliphatic carbocycles. The van der Waals surface area contributed by atoms with Crippen LogP contribution in [0.2, 0.25) is 0 Å². The molecule has 0 atom stereocenters. The first-order chi connectivity index (χ1) is 30.4. The second kappa shape index (κ2) is 8.95. The van der Waals surface area contributed by atoms with Gasteiger partial charge in [0, 0.05) is 21.7 Å². The van der Waals surface area contributed by atoms with Gasteiger partial charge in [0.2, 0.25) is 0 Å². The van der Waals surface area contributed by atoms with Gasteiger partial charge in [-0.25, -0.2) is 0 Å². The Balaban J connectivity index is 1.59. The molecule has 42 heavy (non-hydrogen) atoms. The molecular weight excluding hydrogens is 512 g/mol. The fourth-order valence-electron chi connectivity index (χ4n) is 5.21. The van der Waals surface area contributed by atoms with Crippen LogP contribution >= 0.6 is 0 Å². The summed E-state index contributed by atoms with van der Waals surface area (Å²) >= 11 is 0. The van der Waals surface area contributed by atoms with E-state index in [4.69, 9.17) is 32.1 Å². The molecule has 2 heteroatoms. The predicted molar refractivity (Wildman–Crippen MR) is 175 cm³/mol. The van der Waals surface area contributed by atoms with Gasteiger partial charge < -0.3 is 8.83 Å². The molecule has 196 valence electrons. The van der Waals surface area contributed by atoms with Crippen LogP contribution in [0.3, 0.4) is 0 Å². The minimum absolute atomic E-state index is 0.171. The van der Waals surface area contributed by atoms with Crippen molar-refractivity contribution in [1.82, 2.24) is 0 Å². The highest BCUT2D eigenvalue weighted by molar-refractivity contribution is 6.26. The summed E-state index contributed by atoms with van der Waals surface area (Å²) in [5, 5.41) is -3.25. The van der Waals surface area contributed by atoms with E-state index in [1.165, 1.54) is 0 Å². The average molecular weight is 560 g/mol.